The Kier molecular flexibility index (Phi) is 6.39. The van der Waals surface area contributed by atoms with Crippen LogP contribution >= 0.6 is 0 Å². The molecule has 0 aliphatic carbocycles. The molecule has 0 N–H and O–H groups in total. The van der Waals surface area contributed by atoms with Crippen molar-refractivity contribution in [3.63, 3.8) is 0 Å². The summed E-state index contributed by atoms with van der Waals surface area (Å²) in [4.78, 5) is 14.7. The fourth-order valence-corrected chi connectivity index (χ4v) is 2.46. The number of carbonyl (C=O) groups excluding carboxylic acids is 1. The highest BCUT2D eigenvalue weighted by atomic mass is 16.5. The van der Waals surface area contributed by atoms with Gasteiger partial charge in [0.25, 0.3) is 5.91 Å². The molecular weight excluding hydrogens is 300 g/mol. The molecule has 4 heteroatoms. The van der Waals surface area contributed by atoms with Crippen LogP contribution in [0, 0.1) is 11.3 Å². The molecule has 0 saturated carbocycles. The average molecular weight is 322 g/mol. The van der Waals surface area contributed by atoms with Crippen molar-refractivity contribution in [3.8, 4) is 11.8 Å². The predicted octanol–water partition coefficient (Wildman–Crippen LogP) is 4.01. The van der Waals surface area contributed by atoms with Crippen LogP contribution in [0.5, 0.6) is 5.75 Å². The van der Waals surface area contributed by atoms with Crippen molar-refractivity contribution >= 4 is 5.91 Å². The number of methoxy groups -OCH3 is 1. The lowest BCUT2D eigenvalue weighted by molar-refractivity contribution is 0.0740. The van der Waals surface area contributed by atoms with E-state index in [9.17, 15) is 4.79 Å². The molecule has 0 saturated heterocycles. The van der Waals surface area contributed by atoms with E-state index in [4.69, 9.17) is 10.00 Å². The Bertz CT molecular complexity index is 717. The lowest BCUT2D eigenvalue weighted by Gasteiger charge is -2.23. The van der Waals surface area contributed by atoms with Gasteiger partial charge in [0.15, 0.2) is 0 Å². The van der Waals surface area contributed by atoms with E-state index in [0.717, 1.165) is 24.2 Å². The zero-order valence-electron chi connectivity index (χ0n) is 14.2. The van der Waals surface area contributed by atoms with E-state index in [0.29, 0.717) is 24.2 Å². The fraction of sp³-hybridized carbons (Fsp3) is 0.300. The monoisotopic (exact) mass is 322 g/mol. The molecule has 0 radical (unpaired) electrons. The zero-order valence-corrected chi connectivity index (χ0v) is 14.2. The molecular formula is C20H22N2O2. The molecule has 4 nitrogen and oxygen atoms in total. The quantitative estimate of drug-likeness (QED) is 0.774. The van der Waals surface area contributed by atoms with Crippen LogP contribution in [-0.4, -0.2) is 24.5 Å². The Labute approximate surface area is 143 Å². The first-order valence-electron chi connectivity index (χ1n) is 8.10. The van der Waals surface area contributed by atoms with Gasteiger partial charge >= 0.3 is 0 Å². The summed E-state index contributed by atoms with van der Waals surface area (Å²) in [5.74, 6) is 0.768. The molecule has 0 bridgehead atoms. The molecule has 0 atom stereocenters. The van der Waals surface area contributed by atoms with Gasteiger partial charge in [0.2, 0.25) is 0 Å². The van der Waals surface area contributed by atoms with Crippen LogP contribution in [0.1, 0.15) is 41.3 Å². The van der Waals surface area contributed by atoms with E-state index in [1.54, 1.807) is 31.4 Å². The molecule has 124 valence electrons. The van der Waals surface area contributed by atoms with E-state index < -0.39 is 0 Å². The fourth-order valence-electron chi connectivity index (χ4n) is 2.46. The number of unbranched alkanes of at least 4 members (excludes halogenated alkanes) is 1. The summed E-state index contributed by atoms with van der Waals surface area (Å²) in [6.07, 6.45) is 1.97. The summed E-state index contributed by atoms with van der Waals surface area (Å²) in [6.45, 7) is 3.35. The average Bonchev–Trinajstić information content (AvgIpc) is 2.64. The van der Waals surface area contributed by atoms with Gasteiger partial charge in [-0.2, -0.15) is 5.26 Å². The second-order valence-electron chi connectivity index (χ2n) is 5.62. The molecule has 0 aromatic heterocycles. The van der Waals surface area contributed by atoms with Crippen molar-refractivity contribution in [2.45, 2.75) is 26.3 Å². The van der Waals surface area contributed by atoms with E-state index in [2.05, 4.69) is 13.0 Å². The third-order valence-corrected chi connectivity index (χ3v) is 3.84. The second-order valence-corrected chi connectivity index (χ2v) is 5.62. The minimum atomic E-state index is -0.0178. The standard InChI is InChI=1S/C20H22N2O2/c1-3-4-12-22(15-17-6-5-7-19(13-17)24-2)20(23)18-10-8-16(14-21)9-11-18/h5-11,13H,3-4,12,15H2,1-2H3. The lowest BCUT2D eigenvalue weighted by atomic mass is 10.1. The first kappa shape index (κ1) is 17.6. The number of nitriles is 1. The maximum atomic E-state index is 12.8. The lowest BCUT2D eigenvalue weighted by Crippen LogP contribution is -2.31. The third kappa shape index (κ3) is 4.60. The normalized spacial score (nSPS) is 10.0. The number of benzene rings is 2. The first-order chi connectivity index (χ1) is 11.7. The van der Waals surface area contributed by atoms with Crippen LogP contribution in [0.2, 0.25) is 0 Å². The maximum absolute atomic E-state index is 12.8. The van der Waals surface area contributed by atoms with E-state index in [1.165, 1.54) is 0 Å². The van der Waals surface area contributed by atoms with E-state index in [1.807, 2.05) is 29.2 Å². The van der Waals surface area contributed by atoms with Crippen LogP contribution in [0.4, 0.5) is 0 Å². The van der Waals surface area contributed by atoms with Crippen molar-refractivity contribution in [2.75, 3.05) is 13.7 Å². The summed E-state index contributed by atoms with van der Waals surface area (Å²) in [5, 5.41) is 8.88. The molecule has 0 heterocycles. The molecule has 24 heavy (non-hydrogen) atoms. The summed E-state index contributed by atoms with van der Waals surface area (Å²) in [7, 11) is 1.63. The molecule has 0 unspecified atom stereocenters. The third-order valence-electron chi connectivity index (χ3n) is 3.84. The largest absolute Gasteiger partial charge is 0.497 e. The molecule has 0 fully saturated rings. The molecule has 2 aromatic carbocycles. The van der Waals surface area contributed by atoms with Gasteiger partial charge in [-0.25, -0.2) is 0 Å². The minimum absolute atomic E-state index is 0.0178. The Morgan fingerprint density at radius 1 is 1.21 bits per heavy atom. The van der Waals surface area contributed by atoms with Crippen molar-refractivity contribution < 1.29 is 9.53 Å². The van der Waals surface area contributed by atoms with Crippen molar-refractivity contribution in [3.05, 3.63) is 65.2 Å². The summed E-state index contributed by atoms with van der Waals surface area (Å²) < 4.78 is 5.25. The molecule has 2 rings (SSSR count). The van der Waals surface area contributed by atoms with Crippen molar-refractivity contribution in [1.29, 1.82) is 5.26 Å². The molecule has 0 aliphatic heterocycles. The van der Waals surface area contributed by atoms with Gasteiger partial charge in [-0.05, 0) is 48.4 Å². The SMILES string of the molecule is CCCCN(Cc1cccc(OC)c1)C(=O)c1ccc(C#N)cc1. The van der Waals surface area contributed by atoms with Gasteiger partial charge in [0, 0.05) is 18.7 Å². The molecule has 0 spiro atoms. The van der Waals surface area contributed by atoms with Gasteiger partial charge in [-0.15, -0.1) is 0 Å². The summed E-state index contributed by atoms with van der Waals surface area (Å²) in [6, 6.07) is 16.6. The molecule has 1 amide bonds. The highest BCUT2D eigenvalue weighted by Crippen LogP contribution is 2.17. The van der Waals surface area contributed by atoms with E-state index in [-0.39, 0.29) is 5.91 Å². The number of rotatable bonds is 7. The minimum Gasteiger partial charge on any atom is -0.497 e. The van der Waals surface area contributed by atoms with Gasteiger partial charge in [0.1, 0.15) is 5.75 Å². The van der Waals surface area contributed by atoms with Gasteiger partial charge < -0.3 is 9.64 Å². The van der Waals surface area contributed by atoms with Crippen LogP contribution in [0.25, 0.3) is 0 Å². The summed E-state index contributed by atoms with van der Waals surface area (Å²) in [5.41, 5.74) is 2.19. The Morgan fingerprint density at radius 2 is 1.96 bits per heavy atom. The molecule has 2 aromatic rings. The number of carbonyl (C=O) groups is 1. The first-order valence-corrected chi connectivity index (χ1v) is 8.10. The topological polar surface area (TPSA) is 53.3 Å². The van der Waals surface area contributed by atoms with Crippen LogP contribution in [-0.2, 0) is 6.54 Å². The zero-order chi connectivity index (χ0) is 17.4. The van der Waals surface area contributed by atoms with Gasteiger partial charge in [-0.1, -0.05) is 25.5 Å². The van der Waals surface area contributed by atoms with Crippen LogP contribution in [0.3, 0.4) is 0 Å². The van der Waals surface area contributed by atoms with Crippen LogP contribution in [0.15, 0.2) is 48.5 Å². The smallest absolute Gasteiger partial charge is 0.254 e. The van der Waals surface area contributed by atoms with Gasteiger partial charge in [0.05, 0.1) is 18.7 Å². The Hall–Kier alpha value is -2.80. The number of hydrogen-bond donors (Lipinski definition) is 0. The second kappa shape index (κ2) is 8.73. The molecule has 0 aliphatic rings. The summed E-state index contributed by atoms with van der Waals surface area (Å²) >= 11 is 0. The Morgan fingerprint density at radius 3 is 2.58 bits per heavy atom. The number of nitrogens with zero attached hydrogens (tertiary/aromatic N) is 2. The highest BCUT2D eigenvalue weighted by molar-refractivity contribution is 5.94. The van der Waals surface area contributed by atoms with Gasteiger partial charge in [-0.3, -0.25) is 4.79 Å². The number of hydrogen-bond acceptors (Lipinski definition) is 3. The van der Waals surface area contributed by atoms with E-state index >= 15 is 0 Å². The number of ether oxygens (including phenoxy) is 1. The highest BCUT2D eigenvalue weighted by Gasteiger charge is 2.16. The van der Waals surface area contributed by atoms with Crippen molar-refractivity contribution in [1.82, 2.24) is 4.90 Å². The van der Waals surface area contributed by atoms with Crippen LogP contribution < -0.4 is 4.74 Å². The van der Waals surface area contributed by atoms with Crippen molar-refractivity contribution in [2.24, 2.45) is 0 Å². The number of amides is 1. The maximum Gasteiger partial charge on any atom is 0.254 e. The predicted molar refractivity (Wildman–Crippen MR) is 93.8 cm³/mol. The Balaban J connectivity index is 2.19.